The summed E-state index contributed by atoms with van der Waals surface area (Å²) in [6.07, 6.45) is 14.1. The van der Waals surface area contributed by atoms with Crippen LogP contribution in [0.1, 0.15) is 90.4 Å². The van der Waals surface area contributed by atoms with Gasteiger partial charge in [-0.25, -0.2) is 0 Å². The van der Waals surface area contributed by atoms with Gasteiger partial charge in [0.1, 0.15) is 0 Å². The first-order chi connectivity index (χ1) is 9.95. The molecule has 0 heterocycles. The highest BCUT2D eigenvalue weighted by molar-refractivity contribution is 7.85. The topological polar surface area (TPSA) is 74.6 Å². The van der Waals surface area contributed by atoms with Gasteiger partial charge in [0.2, 0.25) is 0 Å². The van der Waals surface area contributed by atoms with E-state index in [1.54, 1.807) is 0 Å². The number of aliphatic hydroxyl groups is 1. The predicted octanol–water partition coefficient (Wildman–Crippen LogP) is 4.33. The van der Waals surface area contributed by atoms with Crippen LogP contribution in [0.25, 0.3) is 0 Å². The highest BCUT2D eigenvalue weighted by atomic mass is 32.2. The largest absolute Gasteiger partial charge is 0.393 e. The molecule has 0 aliphatic rings. The van der Waals surface area contributed by atoms with Crippen LogP contribution >= 0.6 is 0 Å². The smallest absolute Gasteiger partial charge is 0.264 e. The van der Waals surface area contributed by atoms with E-state index in [0.717, 1.165) is 38.5 Å². The van der Waals surface area contributed by atoms with Crippen LogP contribution in [0.3, 0.4) is 0 Å². The third-order valence-corrected chi connectivity index (χ3v) is 4.72. The molecule has 0 aliphatic carbocycles. The molecule has 0 aromatic carbocycles. The maximum atomic E-state index is 10.5. The van der Waals surface area contributed by atoms with Crippen LogP contribution in [0, 0.1) is 0 Å². The molecule has 4 nitrogen and oxygen atoms in total. The second-order valence-electron chi connectivity index (χ2n) is 6.03. The van der Waals surface area contributed by atoms with Crippen molar-refractivity contribution in [3.05, 3.63) is 0 Å². The van der Waals surface area contributed by atoms with E-state index in [4.69, 9.17) is 4.55 Å². The first-order valence-electron chi connectivity index (χ1n) is 8.59. The molecule has 128 valence electrons. The van der Waals surface area contributed by atoms with E-state index in [2.05, 4.69) is 0 Å². The van der Waals surface area contributed by atoms with Gasteiger partial charge in [-0.1, -0.05) is 71.1 Å². The van der Waals surface area contributed by atoms with Crippen molar-refractivity contribution in [2.75, 3.05) is 5.75 Å². The van der Waals surface area contributed by atoms with E-state index in [-0.39, 0.29) is 11.9 Å². The molecule has 0 aromatic heterocycles. The summed E-state index contributed by atoms with van der Waals surface area (Å²) < 4.78 is 29.6. The van der Waals surface area contributed by atoms with E-state index < -0.39 is 10.1 Å². The molecule has 0 spiro atoms. The van der Waals surface area contributed by atoms with E-state index >= 15 is 0 Å². The summed E-state index contributed by atoms with van der Waals surface area (Å²) in [4.78, 5) is 0. The number of aliphatic hydroxyl groups excluding tert-OH is 1. The van der Waals surface area contributed by atoms with Gasteiger partial charge >= 0.3 is 0 Å². The van der Waals surface area contributed by atoms with Crippen molar-refractivity contribution < 1.29 is 18.1 Å². The highest BCUT2D eigenvalue weighted by Crippen LogP contribution is 2.13. The number of unbranched alkanes of at least 4 members (excludes halogenated alkanes) is 10. The van der Waals surface area contributed by atoms with Crippen molar-refractivity contribution in [1.29, 1.82) is 0 Å². The average molecular weight is 323 g/mol. The second kappa shape index (κ2) is 13.5. The zero-order valence-corrected chi connectivity index (χ0v) is 14.4. The average Bonchev–Trinajstić information content (AvgIpc) is 2.42. The third-order valence-electron chi connectivity index (χ3n) is 3.91. The molecule has 0 saturated heterocycles. The first kappa shape index (κ1) is 20.9. The molecule has 0 aliphatic heterocycles. The number of hydrogen-bond acceptors (Lipinski definition) is 3. The molecule has 0 saturated carbocycles. The van der Waals surface area contributed by atoms with Gasteiger partial charge < -0.3 is 5.11 Å². The lowest BCUT2D eigenvalue weighted by Crippen LogP contribution is -2.03. The molecule has 2 N–H and O–H groups in total. The summed E-state index contributed by atoms with van der Waals surface area (Å²) in [5.74, 6) is -0.0975. The molecule has 0 amide bonds. The van der Waals surface area contributed by atoms with Crippen molar-refractivity contribution in [3.8, 4) is 0 Å². The highest BCUT2D eigenvalue weighted by Gasteiger charge is 2.03. The molecule has 5 heteroatoms. The van der Waals surface area contributed by atoms with Crippen molar-refractivity contribution in [1.82, 2.24) is 0 Å². The molecule has 21 heavy (non-hydrogen) atoms. The van der Waals surface area contributed by atoms with Gasteiger partial charge in [-0.05, 0) is 19.3 Å². The minimum atomic E-state index is -3.76. The lowest BCUT2D eigenvalue weighted by molar-refractivity contribution is 0.156. The van der Waals surface area contributed by atoms with Gasteiger partial charge in [-0.2, -0.15) is 8.42 Å². The van der Waals surface area contributed by atoms with Crippen LogP contribution in [-0.4, -0.2) is 29.9 Å². The Morgan fingerprint density at radius 1 is 0.762 bits per heavy atom. The van der Waals surface area contributed by atoms with Crippen molar-refractivity contribution in [3.63, 3.8) is 0 Å². The van der Waals surface area contributed by atoms with Gasteiger partial charge in [0.15, 0.2) is 0 Å². The number of rotatable bonds is 15. The Labute approximate surface area is 131 Å². The zero-order valence-electron chi connectivity index (χ0n) is 13.6. The van der Waals surface area contributed by atoms with Crippen molar-refractivity contribution >= 4 is 10.1 Å². The molecule has 0 aromatic rings. The fourth-order valence-corrected chi connectivity index (χ4v) is 3.03. The molecule has 0 rings (SSSR count). The lowest BCUT2D eigenvalue weighted by Gasteiger charge is -2.06. The van der Waals surface area contributed by atoms with E-state index in [1.165, 1.54) is 38.5 Å². The molecule has 1 atom stereocenters. The van der Waals surface area contributed by atoms with E-state index in [9.17, 15) is 13.5 Å². The van der Waals surface area contributed by atoms with Gasteiger partial charge in [0.25, 0.3) is 10.1 Å². The fourth-order valence-electron chi connectivity index (χ4n) is 2.46. The Hall–Kier alpha value is -0.130. The van der Waals surface area contributed by atoms with Crippen LogP contribution in [0.4, 0.5) is 0 Å². The second-order valence-corrected chi connectivity index (χ2v) is 7.60. The SMILES string of the molecule is CCC(O)CCCCCCCCCCCCCS(=O)(=O)O. The number of hydrogen-bond donors (Lipinski definition) is 2. The summed E-state index contributed by atoms with van der Waals surface area (Å²) in [7, 11) is -3.76. The fraction of sp³-hybridized carbons (Fsp3) is 1.00. The summed E-state index contributed by atoms with van der Waals surface area (Å²) in [5.41, 5.74) is 0. The normalized spacial score (nSPS) is 13.5. The molecular formula is C16H34O4S. The first-order valence-corrected chi connectivity index (χ1v) is 10.2. The minimum absolute atomic E-state index is 0.0975. The maximum absolute atomic E-state index is 10.5. The Morgan fingerprint density at radius 3 is 1.52 bits per heavy atom. The van der Waals surface area contributed by atoms with Crippen LogP contribution in [-0.2, 0) is 10.1 Å². The van der Waals surface area contributed by atoms with Crippen LogP contribution < -0.4 is 0 Å². The van der Waals surface area contributed by atoms with Crippen molar-refractivity contribution in [2.45, 2.75) is 96.5 Å². The Morgan fingerprint density at radius 2 is 1.14 bits per heavy atom. The van der Waals surface area contributed by atoms with Crippen molar-refractivity contribution in [2.24, 2.45) is 0 Å². The van der Waals surface area contributed by atoms with Crippen LogP contribution in [0.5, 0.6) is 0 Å². The van der Waals surface area contributed by atoms with Gasteiger partial charge in [0, 0.05) is 0 Å². The third kappa shape index (κ3) is 17.8. The zero-order chi connectivity index (χ0) is 16.0. The maximum Gasteiger partial charge on any atom is 0.264 e. The monoisotopic (exact) mass is 322 g/mol. The summed E-state index contributed by atoms with van der Waals surface area (Å²) in [5, 5.41) is 9.42. The Bertz CT molecular complexity index is 314. The molecule has 0 radical (unpaired) electrons. The van der Waals surface area contributed by atoms with Gasteiger partial charge in [-0.15, -0.1) is 0 Å². The minimum Gasteiger partial charge on any atom is -0.393 e. The standard InChI is InChI=1S/C16H34O4S/c1-2-16(17)14-12-10-8-6-4-3-5-7-9-11-13-15-21(18,19)20/h16-17H,2-15H2,1H3,(H,18,19,20). The predicted molar refractivity (Wildman–Crippen MR) is 88.1 cm³/mol. The van der Waals surface area contributed by atoms with E-state index in [0.29, 0.717) is 6.42 Å². The van der Waals surface area contributed by atoms with Gasteiger partial charge in [0.05, 0.1) is 11.9 Å². The Kier molecular flexibility index (Phi) is 13.4. The summed E-state index contributed by atoms with van der Waals surface area (Å²) in [6, 6.07) is 0. The Balaban J connectivity index is 3.09. The van der Waals surface area contributed by atoms with E-state index in [1.807, 2.05) is 6.92 Å². The van der Waals surface area contributed by atoms with Crippen LogP contribution in [0.2, 0.25) is 0 Å². The summed E-state index contributed by atoms with van der Waals surface area (Å²) in [6.45, 7) is 2.02. The van der Waals surface area contributed by atoms with Crippen LogP contribution in [0.15, 0.2) is 0 Å². The molecule has 0 fully saturated rings. The molecule has 0 bridgehead atoms. The van der Waals surface area contributed by atoms with Gasteiger partial charge in [-0.3, -0.25) is 4.55 Å². The quantitative estimate of drug-likeness (QED) is 0.348. The molecular weight excluding hydrogens is 288 g/mol. The summed E-state index contributed by atoms with van der Waals surface area (Å²) >= 11 is 0. The molecule has 1 unspecified atom stereocenters. The lowest BCUT2D eigenvalue weighted by atomic mass is 10.0.